The number of amides is 1. The minimum atomic E-state index is 0.117. The van der Waals surface area contributed by atoms with Crippen LogP contribution in [-0.4, -0.2) is 15.7 Å². The average molecular weight is 333 g/mol. The van der Waals surface area contributed by atoms with Crippen LogP contribution in [0.3, 0.4) is 0 Å². The maximum atomic E-state index is 11.7. The molecule has 2 aromatic carbocycles. The molecule has 1 N–H and O–H groups in total. The summed E-state index contributed by atoms with van der Waals surface area (Å²) >= 11 is 0. The fourth-order valence-corrected chi connectivity index (χ4v) is 2.56. The van der Waals surface area contributed by atoms with Gasteiger partial charge in [-0.05, 0) is 60.9 Å². The lowest BCUT2D eigenvalue weighted by atomic mass is 10.2. The lowest BCUT2D eigenvalue weighted by Gasteiger charge is -2.09. The van der Waals surface area contributed by atoms with Crippen LogP contribution >= 0.6 is 0 Å². The summed E-state index contributed by atoms with van der Waals surface area (Å²) in [4.78, 5) is 11.7. The number of ether oxygens (including phenoxy) is 1. The van der Waals surface area contributed by atoms with Crippen LogP contribution in [-0.2, 0) is 11.4 Å². The molecule has 0 unspecified atom stereocenters. The molecule has 1 fully saturated rings. The van der Waals surface area contributed by atoms with Crippen LogP contribution in [0.1, 0.15) is 18.4 Å². The third kappa shape index (κ3) is 3.88. The van der Waals surface area contributed by atoms with E-state index in [1.807, 2.05) is 65.5 Å². The van der Waals surface area contributed by atoms with Crippen molar-refractivity contribution in [3.63, 3.8) is 0 Å². The fourth-order valence-electron chi connectivity index (χ4n) is 2.56. The molecule has 4 rings (SSSR count). The Kier molecular flexibility index (Phi) is 4.21. The minimum Gasteiger partial charge on any atom is -0.489 e. The number of carbonyl (C=O) groups is 1. The molecule has 5 nitrogen and oxygen atoms in total. The maximum Gasteiger partial charge on any atom is 0.227 e. The van der Waals surface area contributed by atoms with Gasteiger partial charge in [0.15, 0.2) is 0 Å². The molecule has 126 valence electrons. The first kappa shape index (κ1) is 15.4. The Bertz CT molecular complexity index is 836. The van der Waals surface area contributed by atoms with Gasteiger partial charge in [-0.1, -0.05) is 12.1 Å². The molecule has 3 aromatic rings. The van der Waals surface area contributed by atoms with E-state index in [2.05, 4.69) is 10.4 Å². The number of anilines is 1. The molecular formula is C20H19N3O2. The van der Waals surface area contributed by atoms with E-state index in [1.54, 1.807) is 6.20 Å². The van der Waals surface area contributed by atoms with Gasteiger partial charge in [-0.15, -0.1) is 0 Å². The molecule has 0 atom stereocenters. The molecule has 25 heavy (non-hydrogen) atoms. The van der Waals surface area contributed by atoms with Crippen molar-refractivity contribution in [1.82, 2.24) is 9.78 Å². The van der Waals surface area contributed by atoms with E-state index in [9.17, 15) is 4.79 Å². The zero-order valence-corrected chi connectivity index (χ0v) is 13.8. The van der Waals surface area contributed by atoms with Crippen molar-refractivity contribution in [2.45, 2.75) is 19.4 Å². The van der Waals surface area contributed by atoms with Crippen LogP contribution in [0, 0.1) is 5.92 Å². The van der Waals surface area contributed by atoms with E-state index in [1.165, 1.54) is 0 Å². The van der Waals surface area contributed by atoms with E-state index >= 15 is 0 Å². The number of benzene rings is 2. The van der Waals surface area contributed by atoms with Gasteiger partial charge in [0.25, 0.3) is 0 Å². The maximum absolute atomic E-state index is 11.7. The van der Waals surface area contributed by atoms with Gasteiger partial charge < -0.3 is 10.1 Å². The van der Waals surface area contributed by atoms with Gasteiger partial charge in [-0.2, -0.15) is 5.10 Å². The van der Waals surface area contributed by atoms with E-state index in [0.29, 0.717) is 6.61 Å². The molecule has 1 heterocycles. The number of hydrogen-bond acceptors (Lipinski definition) is 3. The third-order valence-electron chi connectivity index (χ3n) is 4.18. The molecule has 1 amide bonds. The summed E-state index contributed by atoms with van der Waals surface area (Å²) < 4.78 is 7.63. The summed E-state index contributed by atoms with van der Waals surface area (Å²) in [5.41, 5.74) is 2.92. The average Bonchev–Trinajstić information content (AvgIpc) is 3.36. The highest BCUT2D eigenvalue weighted by molar-refractivity contribution is 5.94. The smallest absolute Gasteiger partial charge is 0.227 e. The summed E-state index contributed by atoms with van der Waals surface area (Å²) in [7, 11) is 0. The Hall–Kier alpha value is -3.08. The zero-order chi connectivity index (χ0) is 17.1. The summed E-state index contributed by atoms with van der Waals surface area (Å²) in [5.74, 6) is 1.10. The number of aromatic nitrogens is 2. The normalized spacial score (nSPS) is 13.4. The Labute approximate surface area is 146 Å². The van der Waals surface area contributed by atoms with E-state index in [4.69, 9.17) is 4.74 Å². The Morgan fingerprint density at radius 1 is 1.12 bits per heavy atom. The zero-order valence-electron chi connectivity index (χ0n) is 13.8. The molecule has 0 radical (unpaired) electrons. The largest absolute Gasteiger partial charge is 0.489 e. The molecule has 1 aliphatic carbocycles. The standard InChI is InChI=1S/C20H19N3O2/c24-20(16-4-5-16)22-17-6-10-19(11-7-17)25-14-15-2-8-18(9-3-15)23-13-1-12-21-23/h1-3,6-13,16H,4-5,14H2,(H,22,24). The molecule has 0 saturated heterocycles. The molecular weight excluding hydrogens is 314 g/mol. The molecule has 0 spiro atoms. The van der Waals surface area contributed by atoms with Crippen LogP contribution in [0.25, 0.3) is 5.69 Å². The van der Waals surface area contributed by atoms with Crippen LogP contribution < -0.4 is 10.1 Å². The second-order valence-electron chi connectivity index (χ2n) is 6.19. The summed E-state index contributed by atoms with van der Waals surface area (Å²) in [6.45, 7) is 0.493. The van der Waals surface area contributed by atoms with Crippen LogP contribution in [0.2, 0.25) is 0 Å². The first-order valence-corrected chi connectivity index (χ1v) is 8.41. The first-order valence-electron chi connectivity index (χ1n) is 8.41. The molecule has 1 aromatic heterocycles. The van der Waals surface area contributed by atoms with Gasteiger partial charge in [0.1, 0.15) is 12.4 Å². The lowest BCUT2D eigenvalue weighted by molar-refractivity contribution is -0.117. The van der Waals surface area contributed by atoms with Gasteiger partial charge in [-0.3, -0.25) is 4.79 Å². The van der Waals surface area contributed by atoms with Gasteiger partial charge in [0, 0.05) is 24.0 Å². The van der Waals surface area contributed by atoms with Crippen molar-refractivity contribution in [2.24, 2.45) is 5.92 Å². The molecule has 0 bridgehead atoms. The van der Waals surface area contributed by atoms with Crippen molar-refractivity contribution < 1.29 is 9.53 Å². The van der Waals surface area contributed by atoms with Crippen LogP contribution in [0.4, 0.5) is 5.69 Å². The summed E-state index contributed by atoms with van der Waals surface area (Å²) in [5, 5.41) is 7.13. The van der Waals surface area contributed by atoms with Crippen molar-refractivity contribution >= 4 is 11.6 Å². The van der Waals surface area contributed by atoms with Crippen LogP contribution in [0.5, 0.6) is 5.75 Å². The number of hydrogen-bond donors (Lipinski definition) is 1. The molecule has 5 heteroatoms. The van der Waals surface area contributed by atoms with E-state index < -0.39 is 0 Å². The van der Waals surface area contributed by atoms with Crippen molar-refractivity contribution in [1.29, 1.82) is 0 Å². The summed E-state index contributed by atoms with van der Waals surface area (Å²) in [6, 6.07) is 17.5. The van der Waals surface area contributed by atoms with Gasteiger partial charge in [0.2, 0.25) is 5.91 Å². The Morgan fingerprint density at radius 3 is 2.52 bits per heavy atom. The highest BCUT2D eigenvalue weighted by atomic mass is 16.5. The minimum absolute atomic E-state index is 0.117. The Balaban J connectivity index is 1.32. The van der Waals surface area contributed by atoms with Gasteiger partial charge >= 0.3 is 0 Å². The number of nitrogens with zero attached hydrogens (tertiary/aromatic N) is 2. The number of carbonyl (C=O) groups excluding carboxylic acids is 1. The number of rotatable bonds is 6. The van der Waals surface area contributed by atoms with Crippen molar-refractivity contribution in [3.8, 4) is 11.4 Å². The Morgan fingerprint density at radius 2 is 1.88 bits per heavy atom. The second kappa shape index (κ2) is 6.81. The van der Waals surface area contributed by atoms with Crippen molar-refractivity contribution in [2.75, 3.05) is 5.32 Å². The lowest BCUT2D eigenvalue weighted by Crippen LogP contribution is -2.13. The van der Waals surface area contributed by atoms with E-state index in [0.717, 1.165) is 35.5 Å². The highest BCUT2D eigenvalue weighted by Crippen LogP contribution is 2.30. The topological polar surface area (TPSA) is 56.1 Å². The van der Waals surface area contributed by atoms with Gasteiger partial charge in [0.05, 0.1) is 5.69 Å². The van der Waals surface area contributed by atoms with E-state index in [-0.39, 0.29) is 11.8 Å². The number of nitrogens with one attached hydrogen (secondary N) is 1. The van der Waals surface area contributed by atoms with Gasteiger partial charge in [-0.25, -0.2) is 4.68 Å². The monoisotopic (exact) mass is 333 g/mol. The SMILES string of the molecule is O=C(Nc1ccc(OCc2ccc(-n3cccn3)cc2)cc1)C1CC1. The van der Waals surface area contributed by atoms with Crippen LogP contribution in [0.15, 0.2) is 67.0 Å². The molecule has 1 aliphatic rings. The van der Waals surface area contributed by atoms with Crippen molar-refractivity contribution in [3.05, 3.63) is 72.6 Å². The summed E-state index contributed by atoms with van der Waals surface area (Å²) in [6.07, 6.45) is 5.68. The fraction of sp³-hybridized carbons (Fsp3) is 0.200. The quantitative estimate of drug-likeness (QED) is 0.746. The molecule has 1 saturated carbocycles. The third-order valence-corrected chi connectivity index (χ3v) is 4.18. The molecule has 0 aliphatic heterocycles. The second-order valence-corrected chi connectivity index (χ2v) is 6.19. The first-order chi connectivity index (χ1) is 12.3. The highest BCUT2D eigenvalue weighted by Gasteiger charge is 2.29. The predicted octanol–water partition coefficient (Wildman–Crippen LogP) is 3.80. The predicted molar refractivity (Wildman–Crippen MR) is 95.7 cm³/mol.